The van der Waals surface area contributed by atoms with Gasteiger partial charge in [-0.1, -0.05) is 0 Å². The predicted molar refractivity (Wildman–Crippen MR) is 86.8 cm³/mol. The molecular weight excluding hydrogens is 351 g/mol. The fourth-order valence-electron chi connectivity index (χ4n) is 1.93. The van der Waals surface area contributed by atoms with Crippen LogP contribution >= 0.6 is 0 Å². The molecule has 0 atom stereocenters. The smallest absolute Gasteiger partial charge is 0.417 e. The Bertz CT molecular complexity index is 760. The van der Waals surface area contributed by atoms with Crippen molar-refractivity contribution >= 4 is 11.8 Å². The summed E-state index contributed by atoms with van der Waals surface area (Å²) in [6, 6.07) is 7.85. The van der Waals surface area contributed by atoms with Gasteiger partial charge < -0.3 is 15.4 Å². The molecule has 0 spiro atoms. The topological polar surface area (TPSA) is 80.3 Å². The zero-order valence-electron chi connectivity index (χ0n) is 13.8. The standard InChI is InChI=1S/C17H16F3N3O3/c1-2-21-14(24)10-23-16(25)11-3-6-13(7-4-11)26-15-8-5-12(9-22-15)17(18,19)20/h3-9H,2,10H2,1H3,(H,21,24)(H,23,25). The van der Waals surface area contributed by atoms with E-state index in [4.69, 9.17) is 4.74 Å². The number of rotatable bonds is 6. The van der Waals surface area contributed by atoms with Crippen molar-refractivity contribution in [2.45, 2.75) is 13.1 Å². The van der Waals surface area contributed by atoms with Crippen molar-refractivity contribution < 1.29 is 27.5 Å². The Labute approximate surface area is 147 Å². The molecule has 0 aliphatic carbocycles. The van der Waals surface area contributed by atoms with Gasteiger partial charge in [-0.25, -0.2) is 4.98 Å². The van der Waals surface area contributed by atoms with E-state index in [2.05, 4.69) is 15.6 Å². The summed E-state index contributed by atoms with van der Waals surface area (Å²) in [5.74, 6) is -0.436. The molecule has 0 saturated carbocycles. The number of amides is 2. The molecule has 2 rings (SSSR count). The summed E-state index contributed by atoms with van der Waals surface area (Å²) >= 11 is 0. The lowest BCUT2D eigenvalue weighted by molar-refractivity contribution is -0.137. The number of nitrogens with one attached hydrogen (secondary N) is 2. The van der Waals surface area contributed by atoms with E-state index in [-0.39, 0.29) is 18.3 Å². The molecule has 0 aliphatic heterocycles. The van der Waals surface area contributed by atoms with Crippen LogP contribution in [0.2, 0.25) is 0 Å². The van der Waals surface area contributed by atoms with Gasteiger partial charge in [0.1, 0.15) is 5.75 Å². The number of nitrogens with zero attached hydrogens (tertiary/aromatic N) is 1. The molecule has 0 bridgehead atoms. The Morgan fingerprint density at radius 3 is 2.31 bits per heavy atom. The van der Waals surface area contributed by atoms with Crippen LogP contribution in [0.3, 0.4) is 0 Å². The molecule has 0 aliphatic rings. The molecule has 0 fully saturated rings. The van der Waals surface area contributed by atoms with Gasteiger partial charge in [0.15, 0.2) is 0 Å². The number of likely N-dealkylation sites (N-methyl/N-ethyl adjacent to an activating group) is 1. The Morgan fingerprint density at radius 1 is 1.08 bits per heavy atom. The Hall–Kier alpha value is -3.10. The molecule has 2 N–H and O–H groups in total. The zero-order chi connectivity index (χ0) is 19.2. The maximum absolute atomic E-state index is 12.5. The van der Waals surface area contributed by atoms with Gasteiger partial charge in [-0.2, -0.15) is 13.2 Å². The highest BCUT2D eigenvalue weighted by Gasteiger charge is 2.30. The van der Waals surface area contributed by atoms with Crippen molar-refractivity contribution in [1.82, 2.24) is 15.6 Å². The van der Waals surface area contributed by atoms with E-state index in [1.807, 2.05) is 0 Å². The molecule has 1 heterocycles. The highest BCUT2D eigenvalue weighted by molar-refractivity contribution is 5.96. The van der Waals surface area contributed by atoms with Crippen LogP contribution in [0.5, 0.6) is 11.6 Å². The quantitative estimate of drug-likeness (QED) is 0.823. The minimum Gasteiger partial charge on any atom is -0.439 e. The first-order valence-corrected chi connectivity index (χ1v) is 7.65. The Morgan fingerprint density at radius 2 is 1.77 bits per heavy atom. The van der Waals surface area contributed by atoms with Gasteiger partial charge in [-0.05, 0) is 37.3 Å². The molecular formula is C17H16F3N3O3. The van der Waals surface area contributed by atoms with Crippen molar-refractivity contribution in [2.24, 2.45) is 0 Å². The Balaban J connectivity index is 1.94. The highest BCUT2D eigenvalue weighted by Crippen LogP contribution is 2.30. The van der Waals surface area contributed by atoms with Crippen molar-refractivity contribution in [3.8, 4) is 11.6 Å². The second-order valence-corrected chi connectivity index (χ2v) is 5.15. The lowest BCUT2D eigenvalue weighted by atomic mass is 10.2. The summed E-state index contributed by atoms with van der Waals surface area (Å²) in [5, 5.41) is 5.01. The average Bonchev–Trinajstić information content (AvgIpc) is 2.60. The lowest BCUT2D eigenvalue weighted by Gasteiger charge is -2.09. The summed E-state index contributed by atoms with van der Waals surface area (Å²) in [6.45, 7) is 2.10. The molecule has 2 amide bonds. The second kappa shape index (κ2) is 8.32. The van der Waals surface area contributed by atoms with Crippen molar-refractivity contribution in [3.05, 3.63) is 53.7 Å². The number of pyridine rings is 1. The van der Waals surface area contributed by atoms with E-state index in [0.717, 1.165) is 12.1 Å². The third-order valence-corrected chi connectivity index (χ3v) is 3.19. The number of ether oxygens (including phenoxy) is 1. The molecule has 1 aromatic heterocycles. The molecule has 0 radical (unpaired) electrons. The summed E-state index contributed by atoms with van der Waals surface area (Å²) in [4.78, 5) is 26.8. The van der Waals surface area contributed by atoms with Crippen LogP contribution in [0, 0.1) is 0 Å². The molecule has 0 saturated heterocycles. The summed E-state index contributed by atoms with van der Waals surface area (Å²) in [5.41, 5.74) is -0.564. The number of hydrogen-bond acceptors (Lipinski definition) is 4. The van der Waals surface area contributed by atoms with Gasteiger partial charge in [0.25, 0.3) is 5.91 Å². The van der Waals surface area contributed by atoms with Gasteiger partial charge in [-0.15, -0.1) is 0 Å². The monoisotopic (exact) mass is 367 g/mol. The van der Waals surface area contributed by atoms with Crippen molar-refractivity contribution in [3.63, 3.8) is 0 Å². The van der Waals surface area contributed by atoms with E-state index in [9.17, 15) is 22.8 Å². The van der Waals surface area contributed by atoms with Gasteiger partial charge in [0.2, 0.25) is 11.8 Å². The molecule has 0 unspecified atom stereocenters. The number of carbonyl (C=O) groups excluding carboxylic acids is 2. The molecule has 2 aromatic rings. The van der Waals surface area contributed by atoms with Crippen molar-refractivity contribution in [1.29, 1.82) is 0 Å². The van der Waals surface area contributed by atoms with E-state index >= 15 is 0 Å². The van der Waals surface area contributed by atoms with Crippen LogP contribution < -0.4 is 15.4 Å². The lowest BCUT2D eigenvalue weighted by Crippen LogP contribution is -2.36. The number of carbonyl (C=O) groups is 2. The van der Waals surface area contributed by atoms with E-state index in [1.54, 1.807) is 6.92 Å². The fraction of sp³-hybridized carbons (Fsp3) is 0.235. The van der Waals surface area contributed by atoms with E-state index in [1.165, 1.54) is 24.3 Å². The summed E-state index contributed by atoms with van der Waals surface area (Å²) < 4.78 is 42.8. The molecule has 26 heavy (non-hydrogen) atoms. The molecule has 138 valence electrons. The van der Waals surface area contributed by atoms with Crippen LogP contribution in [0.1, 0.15) is 22.8 Å². The first-order chi connectivity index (χ1) is 12.3. The van der Waals surface area contributed by atoms with E-state index < -0.39 is 17.6 Å². The normalized spacial score (nSPS) is 10.9. The van der Waals surface area contributed by atoms with Crippen LogP contribution in [0.25, 0.3) is 0 Å². The number of benzene rings is 1. The maximum atomic E-state index is 12.5. The maximum Gasteiger partial charge on any atom is 0.417 e. The second-order valence-electron chi connectivity index (χ2n) is 5.15. The van der Waals surface area contributed by atoms with Crippen LogP contribution in [0.4, 0.5) is 13.2 Å². The highest BCUT2D eigenvalue weighted by atomic mass is 19.4. The number of halogens is 3. The largest absolute Gasteiger partial charge is 0.439 e. The molecule has 6 nitrogen and oxygen atoms in total. The van der Waals surface area contributed by atoms with Crippen molar-refractivity contribution in [2.75, 3.05) is 13.1 Å². The van der Waals surface area contributed by atoms with E-state index in [0.29, 0.717) is 24.1 Å². The average molecular weight is 367 g/mol. The molecule has 9 heteroatoms. The van der Waals surface area contributed by atoms with Gasteiger partial charge >= 0.3 is 6.18 Å². The number of aromatic nitrogens is 1. The molecule has 1 aromatic carbocycles. The third kappa shape index (κ3) is 5.47. The first kappa shape index (κ1) is 19.2. The predicted octanol–water partition coefficient (Wildman–Crippen LogP) is 2.76. The fourth-order valence-corrected chi connectivity index (χ4v) is 1.93. The van der Waals surface area contributed by atoms with Crippen LogP contribution in [-0.2, 0) is 11.0 Å². The number of hydrogen-bond donors (Lipinski definition) is 2. The van der Waals surface area contributed by atoms with Crippen LogP contribution in [0.15, 0.2) is 42.6 Å². The van der Waals surface area contributed by atoms with Gasteiger partial charge in [-0.3, -0.25) is 9.59 Å². The summed E-state index contributed by atoms with van der Waals surface area (Å²) in [6.07, 6.45) is -3.78. The summed E-state index contributed by atoms with van der Waals surface area (Å²) in [7, 11) is 0. The third-order valence-electron chi connectivity index (χ3n) is 3.19. The van der Waals surface area contributed by atoms with Gasteiger partial charge in [0, 0.05) is 24.4 Å². The number of alkyl halides is 3. The SMILES string of the molecule is CCNC(=O)CNC(=O)c1ccc(Oc2ccc(C(F)(F)F)cn2)cc1. The minimum absolute atomic E-state index is 0.00793. The van der Waals surface area contributed by atoms with Gasteiger partial charge in [0.05, 0.1) is 12.1 Å². The Kier molecular flexibility index (Phi) is 6.16. The minimum atomic E-state index is -4.46. The zero-order valence-corrected chi connectivity index (χ0v) is 13.8. The first-order valence-electron chi connectivity index (χ1n) is 7.65. The van der Waals surface area contributed by atoms with Crippen LogP contribution in [-0.4, -0.2) is 29.9 Å².